The van der Waals surface area contributed by atoms with Gasteiger partial charge in [-0.3, -0.25) is 0 Å². The fraction of sp³-hybridized carbons (Fsp3) is 0.600. The van der Waals surface area contributed by atoms with Crippen molar-refractivity contribution in [3.63, 3.8) is 0 Å². The molecular weight excluding hydrogens is 234 g/mol. The molecule has 1 aromatic carbocycles. The minimum atomic E-state index is -1.09. The molecule has 1 nitrogen and oxygen atoms in total. The zero-order chi connectivity index (χ0) is 13.3. The van der Waals surface area contributed by atoms with Crippen LogP contribution < -0.4 is 0 Å². The third-order valence-electron chi connectivity index (χ3n) is 4.10. The van der Waals surface area contributed by atoms with Crippen LogP contribution in [0, 0.1) is 23.5 Å². The molecular formula is C15H20F2O. The van der Waals surface area contributed by atoms with Gasteiger partial charge in [-0.25, -0.2) is 8.78 Å². The van der Waals surface area contributed by atoms with E-state index in [2.05, 4.69) is 13.8 Å². The zero-order valence-electron chi connectivity index (χ0n) is 10.9. The molecule has 0 spiro atoms. The molecule has 0 radical (unpaired) electrons. The average molecular weight is 254 g/mol. The summed E-state index contributed by atoms with van der Waals surface area (Å²) in [7, 11) is 0. The van der Waals surface area contributed by atoms with Crippen molar-refractivity contribution in [2.24, 2.45) is 11.8 Å². The van der Waals surface area contributed by atoms with Crippen molar-refractivity contribution in [2.75, 3.05) is 0 Å². The summed E-state index contributed by atoms with van der Waals surface area (Å²) in [6.07, 6.45) is 3.46. The number of halogens is 2. The third-order valence-corrected chi connectivity index (χ3v) is 4.10. The molecule has 18 heavy (non-hydrogen) atoms. The normalized spacial score (nSPS) is 28.7. The molecule has 3 heteroatoms. The molecule has 1 fully saturated rings. The Balaban J connectivity index is 2.43. The standard InChI is InChI=1S/C15H20F2O/c1-10(2)14-5-3-4-6-15(14,18)11-7-12(16)9-13(17)8-11/h7-10,14,18H,3-6H2,1-2H3. The Hall–Kier alpha value is -0.960. The molecule has 2 rings (SSSR count). The van der Waals surface area contributed by atoms with Crippen LogP contribution in [0.3, 0.4) is 0 Å². The maximum Gasteiger partial charge on any atom is 0.126 e. The number of hydrogen-bond donors (Lipinski definition) is 1. The smallest absolute Gasteiger partial charge is 0.126 e. The van der Waals surface area contributed by atoms with Crippen LogP contribution in [-0.2, 0) is 5.60 Å². The second-order valence-electron chi connectivity index (χ2n) is 5.68. The van der Waals surface area contributed by atoms with E-state index in [4.69, 9.17) is 0 Å². The van der Waals surface area contributed by atoms with Crippen LogP contribution in [0.25, 0.3) is 0 Å². The SMILES string of the molecule is CC(C)C1CCCCC1(O)c1cc(F)cc(F)c1. The fourth-order valence-electron chi connectivity index (χ4n) is 3.23. The summed E-state index contributed by atoms with van der Waals surface area (Å²) in [5.74, 6) is -0.882. The van der Waals surface area contributed by atoms with E-state index >= 15 is 0 Å². The Morgan fingerprint density at radius 1 is 1.17 bits per heavy atom. The van der Waals surface area contributed by atoms with Gasteiger partial charge in [0.2, 0.25) is 0 Å². The van der Waals surface area contributed by atoms with Gasteiger partial charge in [-0.2, -0.15) is 0 Å². The number of hydrogen-bond acceptors (Lipinski definition) is 1. The van der Waals surface area contributed by atoms with Crippen molar-refractivity contribution in [1.82, 2.24) is 0 Å². The van der Waals surface area contributed by atoms with Gasteiger partial charge in [0.15, 0.2) is 0 Å². The number of aliphatic hydroxyl groups is 1. The van der Waals surface area contributed by atoms with Crippen molar-refractivity contribution in [3.8, 4) is 0 Å². The van der Waals surface area contributed by atoms with E-state index in [1.807, 2.05) is 0 Å². The lowest BCUT2D eigenvalue weighted by Crippen LogP contribution is -2.40. The van der Waals surface area contributed by atoms with Crippen LogP contribution in [0.4, 0.5) is 8.78 Å². The second kappa shape index (κ2) is 4.96. The Morgan fingerprint density at radius 3 is 2.33 bits per heavy atom. The quantitative estimate of drug-likeness (QED) is 0.845. The predicted molar refractivity (Wildman–Crippen MR) is 67.1 cm³/mol. The van der Waals surface area contributed by atoms with Crippen molar-refractivity contribution in [1.29, 1.82) is 0 Å². The third kappa shape index (κ3) is 2.41. The van der Waals surface area contributed by atoms with E-state index in [0.717, 1.165) is 25.3 Å². The maximum absolute atomic E-state index is 13.3. The summed E-state index contributed by atoms with van der Waals surface area (Å²) in [6, 6.07) is 3.38. The van der Waals surface area contributed by atoms with E-state index in [1.54, 1.807) is 0 Å². The lowest BCUT2D eigenvalue weighted by Gasteiger charge is -2.42. The Morgan fingerprint density at radius 2 is 1.78 bits per heavy atom. The van der Waals surface area contributed by atoms with Gasteiger partial charge in [-0.1, -0.05) is 26.7 Å². The van der Waals surface area contributed by atoms with Crippen LogP contribution in [0.1, 0.15) is 45.1 Å². The van der Waals surface area contributed by atoms with Gasteiger partial charge in [0.25, 0.3) is 0 Å². The molecule has 0 aromatic heterocycles. The molecule has 1 aromatic rings. The van der Waals surface area contributed by atoms with Gasteiger partial charge >= 0.3 is 0 Å². The van der Waals surface area contributed by atoms with Gasteiger partial charge in [-0.05, 0) is 42.4 Å². The van der Waals surface area contributed by atoms with Crippen LogP contribution in [0.5, 0.6) is 0 Å². The molecule has 100 valence electrons. The highest BCUT2D eigenvalue weighted by Crippen LogP contribution is 2.45. The molecule has 1 aliphatic carbocycles. The average Bonchev–Trinajstić information content (AvgIpc) is 2.27. The maximum atomic E-state index is 13.3. The Labute approximate surface area is 107 Å². The molecule has 0 bridgehead atoms. The van der Waals surface area contributed by atoms with E-state index in [1.165, 1.54) is 12.1 Å². The number of rotatable bonds is 2. The molecule has 0 amide bonds. The molecule has 1 saturated carbocycles. The van der Waals surface area contributed by atoms with Crippen molar-refractivity contribution < 1.29 is 13.9 Å². The van der Waals surface area contributed by atoms with Gasteiger partial charge in [0.1, 0.15) is 11.6 Å². The van der Waals surface area contributed by atoms with Gasteiger partial charge in [0, 0.05) is 6.07 Å². The Bertz CT molecular complexity index is 410. The van der Waals surface area contributed by atoms with Crippen LogP contribution >= 0.6 is 0 Å². The summed E-state index contributed by atoms with van der Waals surface area (Å²) in [5.41, 5.74) is -0.701. The summed E-state index contributed by atoms with van der Waals surface area (Å²) in [6.45, 7) is 4.10. The molecule has 1 aliphatic rings. The minimum absolute atomic E-state index is 0.0625. The molecule has 0 aliphatic heterocycles. The highest BCUT2D eigenvalue weighted by Gasteiger charge is 2.42. The first-order valence-corrected chi connectivity index (χ1v) is 6.62. The highest BCUT2D eigenvalue weighted by atomic mass is 19.1. The lowest BCUT2D eigenvalue weighted by molar-refractivity contribution is -0.0725. The fourth-order valence-corrected chi connectivity index (χ4v) is 3.23. The first kappa shape index (κ1) is 13.5. The van der Waals surface area contributed by atoms with Gasteiger partial charge in [-0.15, -0.1) is 0 Å². The largest absolute Gasteiger partial charge is 0.385 e. The molecule has 1 N–H and O–H groups in total. The number of benzene rings is 1. The predicted octanol–water partition coefficient (Wildman–Crippen LogP) is 4.00. The monoisotopic (exact) mass is 254 g/mol. The van der Waals surface area contributed by atoms with Crippen LogP contribution in [0.15, 0.2) is 18.2 Å². The van der Waals surface area contributed by atoms with Crippen LogP contribution in [-0.4, -0.2) is 5.11 Å². The summed E-state index contributed by atoms with van der Waals surface area (Å²) in [5, 5.41) is 10.9. The Kier molecular flexibility index (Phi) is 3.71. The van der Waals surface area contributed by atoms with Crippen molar-refractivity contribution in [3.05, 3.63) is 35.4 Å². The highest BCUT2D eigenvalue weighted by molar-refractivity contribution is 5.26. The van der Waals surface area contributed by atoms with E-state index in [0.29, 0.717) is 17.9 Å². The summed E-state index contributed by atoms with van der Waals surface area (Å²) in [4.78, 5) is 0. The molecule has 0 heterocycles. The second-order valence-corrected chi connectivity index (χ2v) is 5.68. The van der Waals surface area contributed by atoms with E-state index in [-0.39, 0.29) is 5.92 Å². The van der Waals surface area contributed by atoms with Crippen molar-refractivity contribution in [2.45, 2.75) is 45.1 Å². The summed E-state index contributed by atoms with van der Waals surface area (Å²) < 4.78 is 26.7. The van der Waals surface area contributed by atoms with Gasteiger partial charge < -0.3 is 5.11 Å². The molecule has 0 saturated heterocycles. The van der Waals surface area contributed by atoms with E-state index in [9.17, 15) is 13.9 Å². The first-order valence-electron chi connectivity index (χ1n) is 6.62. The van der Waals surface area contributed by atoms with Crippen molar-refractivity contribution >= 4 is 0 Å². The van der Waals surface area contributed by atoms with Gasteiger partial charge in [0.05, 0.1) is 5.60 Å². The lowest BCUT2D eigenvalue weighted by atomic mass is 9.67. The van der Waals surface area contributed by atoms with Crippen LogP contribution in [0.2, 0.25) is 0 Å². The molecule has 2 atom stereocenters. The summed E-state index contributed by atoms with van der Waals surface area (Å²) >= 11 is 0. The first-order chi connectivity index (χ1) is 8.43. The zero-order valence-corrected chi connectivity index (χ0v) is 10.9. The minimum Gasteiger partial charge on any atom is -0.385 e. The topological polar surface area (TPSA) is 20.2 Å². The molecule has 2 unspecified atom stereocenters. The van der Waals surface area contributed by atoms with E-state index < -0.39 is 17.2 Å².